The Hall–Kier alpha value is -3.11. The number of nitrogens with one attached hydrogen (secondary N) is 1. The van der Waals surface area contributed by atoms with Crippen LogP contribution in [0.5, 0.6) is 0 Å². The van der Waals surface area contributed by atoms with E-state index in [9.17, 15) is 18.0 Å². The van der Waals surface area contributed by atoms with Crippen molar-refractivity contribution in [1.29, 1.82) is 0 Å². The number of allylic oxidation sites excluding steroid dienone is 1. The number of halogens is 4. The average Bonchev–Trinajstić information content (AvgIpc) is 3.07. The molecule has 0 atom stereocenters. The molecule has 1 N–H and O–H groups in total. The van der Waals surface area contributed by atoms with Gasteiger partial charge >= 0.3 is 6.18 Å². The van der Waals surface area contributed by atoms with Crippen molar-refractivity contribution in [3.8, 4) is 0 Å². The van der Waals surface area contributed by atoms with E-state index in [-0.39, 0.29) is 21.6 Å². The number of rotatable bonds is 6. The van der Waals surface area contributed by atoms with Gasteiger partial charge in [0.15, 0.2) is 5.65 Å². The van der Waals surface area contributed by atoms with E-state index in [1.807, 2.05) is 28.8 Å². The van der Waals surface area contributed by atoms with Crippen LogP contribution < -0.4 is 5.32 Å². The molecule has 0 aliphatic carbocycles. The molecule has 0 aliphatic heterocycles. The lowest BCUT2D eigenvalue weighted by Gasteiger charge is -2.11. The first-order chi connectivity index (χ1) is 15.3. The lowest BCUT2D eigenvalue weighted by molar-refractivity contribution is -0.137. The molecule has 0 bridgehead atoms. The molecule has 0 unspecified atom stereocenters. The van der Waals surface area contributed by atoms with Gasteiger partial charge in [-0.25, -0.2) is 4.98 Å². The zero-order valence-corrected chi connectivity index (χ0v) is 17.9. The first-order valence-electron chi connectivity index (χ1n) is 9.30. The normalized spacial score (nSPS) is 11.8. The number of fused-ring (bicyclic) bond motifs is 3. The predicted octanol–water partition coefficient (Wildman–Crippen LogP) is 5.57. The van der Waals surface area contributed by atoms with Crippen LogP contribution in [-0.2, 0) is 17.5 Å². The molecular formula is C21H15ClF3N5OS. The highest BCUT2D eigenvalue weighted by Gasteiger charge is 2.31. The van der Waals surface area contributed by atoms with E-state index in [1.54, 1.807) is 6.08 Å². The molecule has 11 heteroatoms. The zero-order valence-electron chi connectivity index (χ0n) is 16.4. The summed E-state index contributed by atoms with van der Waals surface area (Å²) in [5.74, 6) is -0.687. The maximum Gasteiger partial charge on any atom is 0.416 e. The van der Waals surface area contributed by atoms with Gasteiger partial charge in [0.1, 0.15) is 5.52 Å². The maximum absolute atomic E-state index is 12.9. The van der Waals surface area contributed by atoms with E-state index in [4.69, 9.17) is 11.6 Å². The lowest BCUT2D eigenvalue weighted by atomic mass is 10.2. The van der Waals surface area contributed by atoms with Gasteiger partial charge in [-0.2, -0.15) is 13.2 Å². The molecular weight excluding hydrogens is 463 g/mol. The van der Waals surface area contributed by atoms with E-state index >= 15 is 0 Å². The Labute approximate surface area is 189 Å². The number of hydrogen-bond donors (Lipinski definition) is 1. The van der Waals surface area contributed by atoms with Gasteiger partial charge in [-0.15, -0.1) is 16.8 Å². The van der Waals surface area contributed by atoms with Crippen LogP contribution >= 0.6 is 23.4 Å². The van der Waals surface area contributed by atoms with Crippen molar-refractivity contribution in [3.63, 3.8) is 0 Å². The van der Waals surface area contributed by atoms with Gasteiger partial charge in [0.25, 0.3) is 0 Å². The summed E-state index contributed by atoms with van der Waals surface area (Å²) < 4.78 is 40.7. The highest BCUT2D eigenvalue weighted by atomic mass is 35.5. The SMILES string of the molecule is C=CCn1c2ccccc2c2nnc(SCC(=O)Nc3cc(C(F)(F)F)ccc3Cl)nc21. The highest BCUT2D eigenvalue weighted by molar-refractivity contribution is 7.99. The van der Waals surface area contributed by atoms with Gasteiger partial charge < -0.3 is 9.88 Å². The Bertz CT molecular complexity index is 1340. The maximum atomic E-state index is 12.9. The Morgan fingerprint density at radius 2 is 2.00 bits per heavy atom. The Morgan fingerprint density at radius 1 is 1.22 bits per heavy atom. The molecule has 0 saturated heterocycles. The van der Waals surface area contributed by atoms with E-state index in [1.165, 1.54) is 0 Å². The number of amides is 1. The van der Waals surface area contributed by atoms with Gasteiger partial charge in [0.2, 0.25) is 11.1 Å². The predicted molar refractivity (Wildman–Crippen MR) is 119 cm³/mol. The fourth-order valence-electron chi connectivity index (χ4n) is 3.18. The third-order valence-electron chi connectivity index (χ3n) is 4.57. The summed E-state index contributed by atoms with van der Waals surface area (Å²) in [7, 11) is 0. The molecule has 2 aromatic carbocycles. The summed E-state index contributed by atoms with van der Waals surface area (Å²) in [5, 5.41) is 11.9. The largest absolute Gasteiger partial charge is 0.416 e. The minimum absolute atomic E-state index is 0.00429. The number of alkyl halides is 3. The number of para-hydroxylation sites is 1. The van der Waals surface area contributed by atoms with E-state index in [0.717, 1.165) is 40.9 Å². The minimum Gasteiger partial charge on any atom is -0.324 e. The number of hydrogen-bond acceptors (Lipinski definition) is 5. The van der Waals surface area contributed by atoms with E-state index < -0.39 is 17.6 Å². The van der Waals surface area contributed by atoms with Crippen LogP contribution in [-0.4, -0.2) is 31.4 Å². The number of carbonyl (C=O) groups excluding carboxylic acids is 1. The molecule has 2 heterocycles. The third kappa shape index (κ3) is 4.42. The number of anilines is 1. The minimum atomic E-state index is -4.54. The first kappa shape index (κ1) is 22.1. The molecule has 0 radical (unpaired) electrons. The van der Waals surface area contributed by atoms with Crippen LogP contribution in [0.25, 0.3) is 22.1 Å². The molecule has 2 aromatic heterocycles. The van der Waals surface area contributed by atoms with Gasteiger partial charge in [-0.05, 0) is 24.3 Å². The van der Waals surface area contributed by atoms with Gasteiger partial charge in [-0.1, -0.05) is 47.6 Å². The van der Waals surface area contributed by atoms with Crippen LogP contribution in [0.3, 0.4) is 0 Å². The van der Waals surface area contributed by atoms with Crippen LogP contribution in [0, 0.1) is 0 Å². The van der Waals surface area contributed by atoms with E-state index in [0.29, 0.717) is 17.7 Å². The van der Waals surface area contributed by atoms with Crippen LogP contribution in [0.2, 0.25) is 5.02 Å². The first-order valence-corrected chi connectivity index (χ1v) is 10.7. The Kier molecular flexibility index (Phi) is 6.07. The Morgan fingerprint density at radius 3 is 2.75 bits per heavy atom. The molecule has 4 aromatic rings. The van der Waals surface area contributed by atoms with Crippen molar-refractivity contribution < 1.29 is 18.0 Å². The summed E-state index contributed by atoms with van der Waals surface area (Å²) in [4.78, 5) is 16.8. The van der Waals surface area contributed by atoms with Crippen molar-refractivity contribution in [2.45, 2.75) is 17.9 Å². The number of carbonyl (C=O) groups is 1. The van der Waals surface area contributed by atoms with Crippen molar-refractivity contribution in [2.24, 2.45) is 0 Å². The summed E-state index contributed by atoms with van der Waals surface area (Å²) in [6.07, 6.45) is -2.80. The number of thioether (sulfide) groups is 1. The fourth-order valence-corrected chi connectivity index (χ4v) is 3.92. The molecule has 0 aliphatic rings. The second-order valence-electron chi connectivity index (χ2n) is 6.71. The van der Waals surface area contributed by atoms with Gasteiger partial charge in [0, 0.05) is 11.9 Å². The Balaban J connectivity index is 1.53. The topological polar surface area (TPSA) is 72.7 Å². The molecule has 1 amide bonds. The van der Waals surface area contributed by atoms with Gasteiger partial charge in [0.05, 0.1) is 27.5 Å². The van der Waals surface area contributed by atoms with Gasteiger partial charge in [-0.3, -0.25) is 4.79 Å². The molecule has 164 valence electrons. The van der Waals surface area contributed by atoms with Crippen LogP contribution in [0.1, 0.15) is 5.56 Å². The fraction of sp³-hybridized carbons (Fsp3) is 0.143. The summed E-state index contributed by atoms with van der Waals surface area (Å²) in [5.41, 5.74) is 1.14. The zero-order chi connectivity index (χ0) is 22.9. The lowest BCUT2D eigenvalue weighted by Crippen LogP contribution is -2.16. The second-order valence-corrected chi connectivity index (χ2v) is 8.06. The second kappa shape index (κ2) is 8.79. The monoisotopic (exact) mass is 477 g/mol. The molecule has 0 saturated carbocycles. The van der Waals surface area contributed by atoms with E-state index in [2.05, 4.69) is 27.1 Å². The summed E-state index contributed by atoms with van der Waals surface area (Å²) in [6, 6.07) is 10.4. The molecule has 4 rings (SSSR count). The molecule has 6 nitrogen and oxygen atoms in total. The van der Waals surface area contributed by atoms with Crippen molar-refractivity contribution in [1.82, 2.24) is 19.7 Å². The average molecular weight is 478 g/mol. The number of benzene rings is 2. The summed E-state index contributed by atoms with van der Waals surface area (Å²) in [6.45, 7) is 4.29. The van der Waals surface area contributed by atoms with Crippen molar-refractivity contribution >= 4 is 57.0 Å². The standard InChI is InChI=1S/C21H15ClF3N5OS/c1-2-9-30-16-6-4-3-5-13(16)18-19(30)27-20(29-28-18)32-11-17(31)26-15-10-12(21(23,24)25)7-8-14(15)22/h2-8,10H,1,9,11H2,(H,26,31). The van der Waals surface area contributed by atoms with Crippen LogP contribution in [0.4, 0.5) is 18.9 Å². The smallest absolute Gasteiger partial charge is 0.324 e. The molecule has 32 heavy (non-hydrogen) atoms. The van der Waals surface area contributed by atoms with Crippen molar-refractivity contribution in [2.75, 3.05) is 11.1 Å². The quantitative estimate of drug-likeness (QED) is 0.290. The third-order valence-corrected chi connectivity index (χ3v) is 5.73. The number of nitrogens with zero attached hydrogens (tertiary/aromatic N) is 4. The van der Waals surface area contributed by atoms with Crippen molar-refractivity contribution in [3.05, 3.63) is 65.7 Å². The summed E-state index contributed by atoms with van der Waals surface area (Å²) >= 11 is 6.94. The molecule has 0 fully saturated rings. The molecule has 0 spiro atoms. The number of aromatic nitrogens is 4. The van der Waals surface area contributed by atoms with Crippen LogP contribution in [0.15, 0.2) is 60.3 Å². The highest BCUT2D eigenvalue weighted by Crippen LogP contribution is 2.34.